The van der Waals surface area contributed by atoms with E-state index in [1.807, 2.05) is 42.9 Å². The van der Waals surface area contributed by atoms with Crippen molar-refractivity contribution in [2.75, 3.05) is 17.6 Å². The minimum atomic E-state index is 0.818. The van der Waals surface area contributed by atoms with Crippen molar-refractivity contribution in [2.45, 2.75) is 13.3 Å². The van der Waals surface area contributed by atoms with Gasteiger partial charge in [0.2, 0.25) is 0 Å². The van der Waals surface area contributed by atoms with Crippen LogP contribution in [0.15, 0.2) is 30.3 Å². The molecule has 1 aromatic carbocycles. The monoisotopic (exact) mass is 230 g/mol. The summed E-state index contributed by atoms with van der Waals surface area (Å²) in [6.07, 6.45) is 0.954. The fourth-order valence-corrected chi connectivity index (χ4v) is 1.86. The lowest BCUT2D eigenvalue weighted by Gasteiger charge is -2.06. The number of benzene rings is 1. The summed E-state index contributed by atoms with van der Waals surface area (Å²) >= 11 is 0. The molecule has 3 N–H and O–H groups in total. The van der Waals surface area contributed by atoms with Gasteiger partial charge in [0.05, 0.1) is 5.69 Å². The minimum absolute atomic E-state index is 0.818. The predicted molar refractivity (Wildman–Crippen MR) is 71.0 cm³/mol. The molecule has 2 rings (SSSR count). The fraction of sp³-hybridized carbons (Fsp3) is 0.308. The molecule has 0 atom stereocenters. The molecule has 0 amide bonds. The van der Waals surface area contributed by atoms with Crippen molar-refractivity contribution in [1.29, 1.82) is 0 Å². The van der Waals surface area contributed by atoms with Crippen molar-refractivity contribution < 1.29 is 0 Å². The van der Waals surface area contributed by atoms with E-state index in [2.05, 4.69) is 16.5 Å². The third-order valence-corrected chi connectivity index (χ3v) is 2.67. The zero-order valence-electron chi connectivity index (χ0n) is 10.3. The van der Waals surface area contributed by atoms with Gasteiger partial charge in [0.25, 0.3) is 0 Å². The molecule has 0 aliphatic heterocycles. The van der Waals surface area contributed by atoms with Crippen LogP contribution in [0.2, 0.25) is 0 Å². The highest BCUT2D eigenvalue weighted by molar-refractivity contribution is 5.41. The van der Waals surface area contributed by atoms with Crippen LogP contribution >= 0.6 is 0 Å². The zero-order chi connectivity index (χ0) is 12.3. The molecule has 0 saturated heterocycles. The number of aryl methyl sites for hydroxylation is 2. The Morgan fingerprint density at radius 1 is 1.35 bits per heavy atom. The van der Waals surface area contributed by atoms with Gasteiger partial charge in [0.1, 0.15) is 5.82 Å². The first-order chi connectivity index (χ1) is 8.15. The molecule has 2 aromatic rings. The summed E-state index contributed by atoms with van der Waals surface area (Å²) in [6.45, 7) is 2.87. The average molecular weight is 230 g/mol. The van der Waals surface area contributed by atoms with Crippen LogP contribution in [0.3, 0.4) is 0 Å². The maximum atomic E-state index is 5.73. The molecule has 0 bridgehead atoms. The van der Waals surface area contributed by atoms with Gasteiger partial charge in [-0.05, 0) is 31.0 Å². The lowest BCUT2D eigenvalue weighted by atomic mass is 10.1. The van der Waals surface area contributed by atoms with Crippen molar-refractivity contribution in [2.24, 2.45) is 7.05 Å². The van der Waals surface area contributed by atoms with Gasteiger partial charge in [-0.15, -0.1) is 0 Å². The molecular formula is C13H18N4. The van der Waals surface area contributed by atoms with Gasteiger partial charge in [-0.2, -0.15) is 5.10 Å². The highest BCUT2D eigenvalue weighted by Crippen LogP contribution is 2.10. The zero-order valence-corrected chi connectivity index (χ0v) is 10.3. The molecule has 90 valence electrons. The van der Waals surface area contributed by atoms with Crippen molar-refractivity contribution in [3.8, 4) is 0 Å². The standard InChI is InChI=1S/C13H18N4/c1-10-8-13(17(2)16-10)15-7-6-11-4-3-5-12(14)9-11/h3-5,8-9,15H,6-7,14H2,1-2H3. The average Bonchev–Trinajstić information content (AvgIpc) is 2.58. The maximum absolute atomic E-state index is 5.73. The van der Waals surface area contributed by atoms with Crippen LogP contribution in [0.5, 0.6) is 0 Å². The second kappa shape index (κ2) is 4.91. The molecule has 0 spiro atoms. The van der Waals surface area contributed by atoms with Crippen molar-refractivity contribution in [1.82, 2.24) is 9.78 Å². The molecule has 0 aliphatic rings. The van der Waals surface area contributed by atoms with Gasteiger partial charge in [0.15, 0.2) is 0 Å². The minimum Gasteiger partial charge on any atom is -0.399 e. The summed E-state index contributed by atoms with van der Waals surface area (Å²) in [5.41, 5.74) is 8.83. The number of nitrogens with two attached hydrogens (primary N) is 1. The van der Waals surface area contributed by atoms with E-state index in [1.165, 1.54) is 5.56 Å². The molecule has 0 saturated carbocycles. The third-order valence-electron chi connectivity index (χ3n) is 2.67. The Balaban J connectivity index is 1.89. The number of hydrogen-bond donors (Lipinski definition) is 2. The van der Waals surface area contributed by atoms with Gasteiger partial charge in [-0.3, -0.25) is 4.68 Å². The number of nitrogen functional groups attached to an aromatic ring is 1. The second-order valence-electron chi connectivity index (χ2n) is 4.22. The van der Waals surface area contributed by atoms with Gasteiger partial charge in [-0.1, -0.05) is 12.1 Å². The first kappa shape index (κ1) is 11.5. The third kappa shape index (κ3) is 3.00. The Morgan fingerprint density at radius 2 is 2.18 bits per heavy atom. The second-order valence-corrected chi connectivity index (χ2v) is 4.22. The highest BCUT2D eigenvalue weighted by Gasteiger charge is 2.00. The number of nitrogens with one attached hydrogen (secondary N) is 1. The lowest BCUT2D eigenvalue weighted by Crippen LogP contribution is -2.08. The van der Waals surface area contributed by atoms with Crippen LogP contribution in [0.4, 0.5) is 11.5 Å². The molecule has 0 aliphatic carbocycles. The smallest absolute Gasteiger partial charge is 0.124 e. The van der Waals surface area contributed by atoms with Crippen molar-refractivity contribution >= 4 is 11.5 Å². The summed E-state index contributed by atoms with van der Waals surface area (Å²) in [5.74, 6) is 1.05. The van der Waals surface area contributed by atoms with Crippen LogP contribution in [0, 0.1) is 6.92 Å². The maximum Gasteiger partial charge on any atom is 0.124 e. The van der Waals surface area contributed by atoms with Crippen LogP contribution in [-0.4, -0.2) is 16.3 Å². The van der Waals surface area contributed by atoms with E-state index in [9.17, 15) is 0 Å². The van der Waals surface area contributed by atoms with E-state index in [-0.39, 0.29) is 0 Å². The Morgan fingerprint density at radius 3 is 2.82 bits per heavy atom. The van der Waals surface area contributed by atoms with Crippen LogP contribution in [0.1, 0.15) is 11.3 Å². The molecule has 1 heterocycles. The van der Waals surface area contributed by atoms with E-state index in [0.717, 1.165) is 30.2 Å². The first-order valence-corrected chi connectivity index (χ1v) is 5.74. The van der Waals surface area contributed by atoms with Gasteiger partial charge in [0, 0.05) is 25.3 Å². The van der Waals surface area contributed by atoms with Crippen LogP contribution in [-0.2, 0) is 13.5 Å². The van der Waals surface area contributed by atoms with E-state index in [1.54, 1.807) is 0 Å². The molecule has 17 heavy (non-hydrogen) atoms. The largest absolute Gasteiger partial charge is 0.399 e. The van der Waals surface area contributed by atoms with E-state index in [0.29, 0.717) is 0 Å². The SMILES string of the molecule is Cc1cc(NCCc2cccc(N)c2)n(C)n1. The molecule has 0 fully saturated rings. The Hall–Kier alpha value is -1.97. The van der Waals surface area contributed by atoms with E-state index < -0.39 is 0 Å². The van der Waals surface area contributed by atoms with Crippen molar-refractivity contribution in [3.05, 3.63) is 41.6 Å². The summed E-state index contributed by atoms with van der Waals surface area (Å²) in [4.78, 5) is 0. The quantitative estimate of drug-likeness (QED) is 0.789. The lowest BCUT2D eigenvalue weighted by molar-refractivity contribution is 0.757. The summed E-state index contributed by atoms with van der Waals surface area (Å²) in [6, 6.07) is 10.0. The number of anilines is 2. The summed E-state index contributed by atoms with van der Waals surface area (Å²) < 4.78 is 1.86. The Bertz CT molecular complexity index is 502. The van der Waals surface area contributed by atoms with Crippen LogP contribution in [0.25, 0.3) is 0 Å². The predicted octanol–water partition coefficient (Wildman–Crippen LogP) is 1.97. The number of aromatic nitrogens is 2. The Labute approximate surface area is 101 Å². The molecule has 0 unspecified atom stereocenters. The summed E-state index contributed by atoms with van der Waals surface area (Å²) in [7, 11) is 1.94. The topological polar surface area (TPSA) is 55.9 Å². The van der Waals surface area contributed by atoms with E-state index >= 15 is 0 Å². The summed E-state index contributed by atoms with van der Waals surface area (Å²) in [5, 5.41) is 7.65. The van der Waals surface area contributed by atoms with Gasteiger partial charge < -0.3 is 11.1 Å². The highest BCUT2D eigenvalue weighted by atomic mass is 15.3. The normalized spacial score (nSPS) is 10.5. The molecular weight excluding hydrogens is 212 g/mol. The Kier molecular flexibility index (Phi) is 3.32. The molecule has 0 radical (unpaired) electrons. The number of hydrogen-bond acceptors (Lipinski definition) is 3. The number of nitrogens with zero attached hydrogens (tertiary/aromatic N) is 2. The fourth-order valence-electron chi connectivity index (χ4n) is 1.86. The first-order valence-electron chi connectivity index (χ1n) is 5.74. The van der Waals surface area contributed by atoms with Gasteiger partial charge in [-0.25, -0.2) is 0 Å². The van der Waals surface area contributed by atoms with Crippen LogP contribution < -0.4 is 11.1 Å². The van der Waals surface area contributed by atoms with E-state index in [4.69, 9.17) is 5.73 Å². The molecule has 1 aromatic heterocycles. The molecule has 4 nitrogen and oxygen atoms in total. The van der Waals surface area contributed by atoms with Crippen molar-refractivity contribution in [3.63, 3.8) is 0 Å². The number of rotatable bonds is 4. The van der Waals surface area contributed by atoms with Gasteiger partial charge >= 0.3 is 0 Å². The molecule has 4 heteroatoms.